The Labute approximate surface area is 118 Å². The molecule has 0 amide bonds. The summed E-state index contributed by atoms with van der Waals surface area (Å²) in [6.07, 6.45) is 0. The van der Waals surface area contributed by atoms with Crippen molar-refractivity contribution in [3.8, 4) is 0 Å². The number of benzene rings is 2. The van der Waals surface area contributed by atoms with E-state index in [0.29, 0.717) is 15.8 Å². The first kappa shape index (κ1) is 13.8. The van der Waals surface area contributed by atoms with Crippen molar-refractivity contribution in [1.82, 2.24) is 0 Å². The van der Waals surface area contributed by atoms with Crippen LogP contribution in [0.15, 0.2) is 51.8 Å². The Morgan fingerprint density at radius 3 is 2.32 bits per heavy atom. The molecule has 0 aromatic heterocycles. The van der Waals surface area contributed by atoms with E-state index in [4.69, 9.17) is 5.73 Å². The van der Waals surface area contributed by atoms with Gasteiger partial charge in [0.1, 0.15) is 5.82 Å². The van der Waals surface area contributed by atoms with Crippen LogP contribution in [0.5, 0.6) is 0 Å². The second-order valence-electron chi connectivity index (χ2n) is 3.80. The Hall–Kier alpha value is -1.60. The fourth-order valence-electron chi connectivity index (χ4n) is 1.44. The van der Waals surface area contributed by atoms with Gasteiger partial charge < -0.3 is 5.73 Å². The van der Waals surface area contributed by atoms with Crippen molar-refractivity contribution in [2.45, 2.75) is 4.90 Å². The topological polar surface area (TPSA) is 72.2 Å². The molecule has 0 saturated heterocycles. The minimum absolute atomic E-state index is 0.0182. The molecule has 0 aliphatic carbocycles. The van der Waals surface area contributed by atoms with Crippen molar-refractivity contribution in [2.24, 2.45) is 0 Å². The molecule has 0 radical (unpaired) electrons. The first-order chi connectivity index (χ1) is 8.88. The lowest BCUT2D eigenvalue weighted by Gasteiger charge is -2.09. The highest BCUT2D eigenvalue weighted by Gasteiger charge is 2.14. The molecule has 0 aliphatic heterocycles. The third-order valence-corrected chi connectivity index (χ3v) is 4.49. The number of anilines is 2. The maximum atomic E-state index is 12.8. The smallest absolute Gasteiger partial charge is 0.261 e. The number of rotatable bonds is 3. The van der Waals surface area contributed by atoms with Gasteiger partial charge in [0.05, 0.1) is 10.6 Å². The first-order valence-corrected chi connectivity index (χ1v) is 7.49. The second-order valence-corrected chi connectivity index (χ2v) is 6.33. The van der Waals surface area contributed by atoms with Gasteiger partial charge in [0.15, 0.2) is 0 Å². The number of sulfonamides is 1. The van der Waals surface area contributed by atoms with E-state index >= 15 is 0 Å². The fourth-order valence-corrected chi connectivity index (χ4v) is 2.73. The van der Waals surface area contributed by atoms with Gasteiger partial charge in [0.2, 0.25) is 0 Å². The molecule has 2 aromatic carbocycles. The number of hydrogen-bond acceptors (Lipinski definition) is 3. The molecule has 7 heteroatoms. The average Bonchev–Trinajstić information content (AvgIpc) is 2.34. The van der Waals surface area contributed by atoms with E-state index in [1.54, 1.807) is 12.1 Å². The van der Waals surface area contributed by atoms with Crippen LogP contribution in [0.2, 0.25) is 0 Å². The van der Waals surface area contributed by atoms with Crippen LogP contribution in [0, 0.1) is 5.82 Å². The van der Waals surface area contributed by atoms with Crippen molar-refractivity contribution in [3.05, 3.63) is 52.8 Å². The molecule has 0 spiro atoms. The van der Waals surface area contributed by atoms with Gasteiger partial charge in [-0.2, -0.15) is 0 Å². The van der Waals surface area contributed by atoms with Crippen LogP contribution in [0.25, 0.3) is 0 Å². The molecule has 0 aliphatic rings. The van der Waals surface area contributed by atoms with Gasteiger partial charge in [-0.25, -0.2) is 12.8 Å². The van der Waals surface area contributed by atoms with Crippen molar-refractivity contribution in [3.63, 3.8) is 0 Å². The molecule has 19 heavy (non-hydrogen) atoms. The zero-order valence-electron chi connectivity index (χ0n) is 9.60. The van der Waals surface area contributed by atoms with Gasteiger partial charge in [0.25, 0.3) is 10.0 Å². The fraction of sp³-hybridized carbons (Fsp3) is 0. The predicted molar refractivity (Wildman–Crippen MR) is 75.8 cm³/mol. The van der Waals surface area contributed by atoms with E-state index < -0.39 is 15.8 Å². The van der Waals surface area contributed by atoms with Crippen molar-refractivity contribution < 1.29 is 12.8 Å². The van der Waals surface area contributed by atoms with Gasteiger partial charge >= 0.3 is 0 Å². The molecule has 3 N–H and O–H groups in total. The highest BCUT2D eigenvalue weighted by atomic mass is 79.9. The molecule has 100 valence electrons. The molecular weight excluding hydrogens is 335 g/mol. The lowest BCUT2D eigenvalue weighted by molar-refractivity contribution is 0.599. The summed E-state index contributed by atoms with van der Waals surface area (Å²) in [7, 11) is -3.75. The van der Waals surface area contributed by atoms with Gasteiger partial charge in [-0.3, -0.25) is 4.72 Å². The molecule has 0 bridgehead atoms. The molecule has 0 saturated carbocycles. The standard InChI is InChI=1S/C12H10BrFN2O2S/c13-11-6-3-9(7-12(11)15)16-19(17,18)10-4-1-8(14)2-5-10/h1-7,16H,15H2. The summed E-state index contributed by atoms with van der Waals surface area (Å²) in [5, 5.41) is 0. The Morgan fingerprint density at radius 2 is 1.74 bits per heavy atom. The summed E-state index contributed by atoms with van der Waals surface area (Å²) in [6, 6.07) is 9.26. The van der Waals surface area contributed by atoms with E-state index in [2.05, 4.69) is 20.7 Å². The van der Waals surface area contributed by atoms with Crippen LogP contribution in [0.4, 0.5) is 15.8 Å². The Bertz CT molecular complexity index is 702. The summed E-state index contributed by atoms with van der Waals surface area (Å²) >= 11 is 3.22. The maximum Gasteiger partial charge on any atom is 0.261 e. The van der Waals surface area contributed by atoms with E-state index in [1.165, 1.54) is 18.2 Å². The molecule has 2 rings (SSSR count). The van der Waals surface area contributed by atoms with Crippen LogP contribution in [0.3, 0.4) is 0 Å². The van der Waals surface area contributed by atoms with Crippen LogP contribution < -0.4 is 10.5 Å². The number of nitrogen functional groups attached to an aromatic ring is 1. The summed E-state index contributed by atoms with van der Waals surface area (Å²) < 4.78 is 39.9. The average molecular weight is 345 g/mol. The molecule has 0 fully saturated rings. The first-order valence-electron chi connectivity index (χ1n) is 5.22. The minimum Gasteiger partial charge on any atom is -0.398 e. The predicted octanol–water partition coefficient (Wildman–Crippen LogP) is 2.97. The van der Waals surface area contributed by atoms with Crippen LogP contribution in [-0.2, 0) is 10.0 Å². The third-order valence-electron chi connectivity index (χ3n) is 2.37. The van der Waals surface area contributed by atoms with E-state index in [-0.39, 0.29) is 4.90 Å². The highest BCUT2D eigenvalue weighted by Crippen LogP contribution is 2.24. The molecule has 0 atom stereocenters. The largest absolute Gasteiger partial charge is 0.398 e. The number of nitrogens with two attached hydrogens (primary N) is 1. The molecular formula is C12H10BrFN2O2S. The van der Waals surface area contributed by atoms with Crippen LogP contribution in [-0.4, -0.2) is 8.42 Å². The van der Waals surface area contributed by atoms with Gasteiger partial charge in [0, 0.05) is 10.2 Å². The van der Waals surface area contributed by atoms with Crippen LogP contribution in [0.1, 0.15) is 0 Å². The van der Waals surface area contributed by atoms with E-state index in [0.717, 1.165) is 12.1 Å². The SMILES string of the molecule is Nc1cc(NS(=O)(=O)c2ccc(F)cc2)ccc1Br. The highest BCUT2D eigenvalue weighted by molar-refractivity contribution is 9.10. The van der Waals surface area contributed by atoms with Crippen molar-refractivity contribution in [2.75, 3.05) is 10.5 Å². The number of hydrogen-bond donors (Lipinski definition) is 2. The monoisotopic (exact) mass is 344 g/mol. The number of halogens is 2. The van der Waals surface area contributed by atoms with Crippen molar-refractivity contribution in [1.29, 1.82) is 0 Å². The second kappa shape index (κ2) is 5.18. The van der Waals surface area contributed by atoms with Gasteiger partial charge in [-0.1, -0.05) is 0 Å². The normalized spacial score (nSPS) is 11.3. The Balaban J connectivity index is 2.30. The molecule has 0 unspecified atom stereocenters. The quantitative estimate of drug-likeness (QED) is 0.840. The van der Waals surface area contributed by atoms with Crippen LogP contribution >= 0.6 is 15.9 Å². The van der Waals surface area contributed by atoms with Crippen molar-refractivity contribution >= 4 is 37.3 Å². The van der Waals surface area contributed by atoms with E-state index in [9.17, 15) is 12.8 Å². The molecule has 4 nitrogen and oxygen atoms in total. The lowest BCUT2D eigenvalue weighted by atomic mass is 10.3. The Kier molecular flexibility index (Phi) is 3.77. The zero-order valence-corrected chi connectivity index (χ0v) is 12.0. The zero-order chi connectivity index (χ0) is 14.0. The summed E-state index contributed by atoms with van der Waals surface area (Å²) in [6.45, 7) is 0. The summed E-state index contributed by atoms with van der Waals surface area (Å²) in [5.41, 5.74) is 6.42. The minimum atomic E-state index is -3.75. The summed E-state index contributed by atoms with van der Waals surface area (Å²) in [5.74, 6) is -0.494. The third kappa shape index (κ3) is 3.24. The molecule has 0 heterocycles. The van der Waals surface area contributed by atoms with Gasteiger partial charge in [-0.05, 0) is 58.4 Å². The lowest BCUT2D eigenvalue weighted by Crippen LogP contribution is -2.13. The maximum absolute atomic E-state index is 12.8. The van der Waals surface area contributed by atoms with Gasteiger partial charge in [-0.15, -0.1) is 0 Å². The Morgan fingerprint density at radius 1 is 1.11 bits per heavy atom. The molecule has 2 aromatic rings. The number of nitrogens with one attached hydrogen (secondary N) is 1. The summed E-state index contributed by atoms with van der Waals surface area (Å²) in [4.78, 5) is -0.0182. The van der Waals surface area contributed by atoms with E-state index in [1.807, 2.05) is 0 Å².